The number of hydrogen-bond acceptors (Lipinski definition) is 8. The number of rotatable bonds is 8. The van der Waals surface area contributed by atoms with Crippen LogP contribution in [0.1, 0.15) is 23.7 Å². The molecule has 0 unspecified atom stereocenters. The van der Waals surface area contributed by atoms with Gasteiger partial charge in [0.05, 0.1) is 0 Å². The topological polar surface area (TPSA) is 145 Å². The molecule has 0 aliphatic carbocycles. The zero-order chi connectivity index (χ0) is 19.9. The number of hydrogen-bond donors (Lipinski definition) is 4. The van der Waals surface area contributed by atoms with Crippen LogP contribution in [0.15, 0.2) is 48.9 Å². The number of nitrogens with zero attached hydrogens (tertiary/aromatic N) is 4. The summed E-state index contributed by atoms with van der Waals surface area (Å²) in [4.78, 5) is 28.9. The fourth-order valence-corrected chi connectivity index (χ4v) is 2.56. The minimum absolute atomic E-state index is 0.0332. The molecule has 28 heavy (non-hydrogen) atoms. The molecule has 2 aromatic heterocycles. The van der Waals surface area contributed by atoms with Crippen LogP contribution in [0.4, 0.5) is 17.5 Å². The van der Waals surface area contributed by atoms with Crippen LogP contribution in [-0.4, -0.2) is 38.4 Å². The van der Waals surface area contributed by atoms with E-state index in [0.29, 0.717) is 29.8 Å². The Morgan fingerprint density at radius 1 is 1.18 bits per heavy atom. The minimum Gasteiger partial charge on any atom is -0.365 e. The van der Waals surface area contributed by atoms with Gasteiger partial charge in [-0.3, -0.25) is 4.79 Å². The molecule has 0 fully saturated rings. The highest BCUT2D eigenvalue weighted by Crippen LogP contribution is 2.24. The lowest BCUT2D eigenvalue weighted by atomic mass is 10.2. The SMILES string of the molecule is CC[C@H](CN)Nc1ncc(C(N)=O)c(Nc2cccc(-c3ncccn3)c2)n1. The van der Waals surface area contributed by atoms with Crippen molar-refractivity contribution in [3.63, 3.8) is 0 Å². The van der Waals surface area contributed by atoms with Gasteiger partial charge in [0, 0.05) is 42.4 Å². The fraction of sp³-hybridized carbons (Fsp3) is 0.211. The quantitative estimate of drug-likeness (QED) is 0.465. The standard InChI is InChI=1S/C19H22N8O/c1-2-13(10-20)26-19-24-11-15(16(21)28)18(27-19)25-14-6-3-5-12(9-14)17-22-7-4-8-23-17/h3-9,11,13H,2,10,20H2,1H3,(H2,21,28)(H2,24,25,26,27)/t13-/m1/s1. The average molecular weight is 378 g/mol. The second kappa shape index (κ2) is 8.87. The molecule has 2 heterocycles. The Balaban J connectivity index is 1.91. The Labute approximate surface area is 162 Å². The molecule has 0 saturated heterocycles. The zero-order valence-electron chi connectivity index (χ0n) is 15.5. The van der Waals surface area contributed by atoms with Crippen LogP contribution in [0.3, 0.4) is 0 Å². The Morgan fingerprint density at radius 3 is 2.64 bits per heavy atom. The number of primary amides is 1. The third-order valence-electron chi connectivity index (χ3n) is 4.11. The van der Waals surface area contributed by atoms with E-state index in [1.54, 1.807) is 18.5 Å². The lowest BCUT2D eigenvalue weighted by Gasteiger charge is -2.16. The molecule has 3 aromatic rings. The first-order valence-electron chi connectivity index (χ1n) is 8.88. The van der Waals surface area contributed by atoms with E-state index in [0.717, 1.165) is 12.0 Å². The van der Waals surface area contributed by atoms with Crippen molar-refractivity contribution in [2.75, 3.05) is 17.2 Å². The van der Waals surface area contributed by atoms with Gasteiger partial charge in [-0.1, -0.05) is 19.1 Å². The van der Waals surface area contributed by atoms with Gasteiger partial charge < -0.3 is 22.1 Å². The van der Waals surface area contributed by atoms with Gasteiger partial charge in [-0.2, -0.15) is 4.98 Å². The van der Waals surface area contributed by atoms with Crippen molar-refractivity contribution in [2.45, 2.75) is 19.4 Å². The summed E-state index contributed by atoms with van der Waals surface area (Å²) in [5.41, 5.74) is 12.9. The summed E-state index contributed by atoms with van der Waals surface area (Å²) in [6.07, 6.45) is 5.57. The van der Waals surface area contributed by atoms with Crippen LogP contribution in [0.25, 0.3) is 11.4 Å². The van der Waals surface area contributed by atoms with Crippen molar-refractivity contribution in [3.8, 4) is 11.4 Å². The Bertz CT molecular complexity index is 944. The number of benzene rings is 1. The van der Waals surface area contributed by atoms with E-state index in [1.807, 2.05) is 31.2 Å². The summed E-state index contributed by atoms with van der Waals surface area (Å²) in [6.45, 7) is 2.46. The third kappa shape index (κ3) is 4.57. The van der Waals surface area contributed by atoms with Gasteiger partial charge in [0.25, 0.3) is 5.91 Å². The van der Waals surface area contributed by atoms with Crippen LogP contribution in [-0.2, 0) is 0 Å². The average Bonchev–Trinajstić information content (AvgIpc) is 2.73. The Hall–Kier alpha value is -3.59. The summed E-state index contributed by atoms with van der Waals surface area (Å²) in [5.74, 6) is 0.651. The number of nitrogens with one attached hydrogen (secondary N) is 2. The first-order chi connectivity index (χ1) is 13.6. The molecule has 0 aliphatic heterocycles. The zero-order valence-corrected chi connectivity index (χ0v) is 15.5. The molecule has 0 saturated carbocycles. The first kappa shape index (κ1) is 19.2. The summed E-state index contributed by atoms with van der Waals surface area (Å²) >= 11 is 0. The van der Waals surface area contributed by atoms with Gasteiger partial charge in [0.1, 0.15) is 11.4 Å². The molecule has 9 nitrogen and oxygen atoms in total. The molecule has 6 N–H and O–H groups in total. The minimum atomic E-state index is -0.623. The molecule has 1 atom stereocenters. The molecule has 1 aromatic carbocycles. The fourth-order valence-electron chi connectivity index (χ4n) is 2.56. The lowest BCUT2D eigenvalue weighted by Crippen LogP contribution is -2.29. The van der Waals surface area contributed by atoms with Gasteiger partial charge >= 0.3 is 0 Å². The summed E-state index contributed by atoms with van der Waals surface area (Å²) < 4.78 is 0. The molecular formula is C19H22N8O. The van der Waals surface area contributed by atoms with Crippen molar-refractivity contribution >= 4 is 23.4 Å². The predicted molar refractivity (Wildman–Crippen MR) is 108 cm³/mol. The van der Waals surface area contributed by atoms with Crippen LogP contribution >= 0.6 is 0 Å². The molecule has 3 rings (SSSR count). The van der Waals surface area contributed by atoms with E-state index < -0.39 is 5.91 Å². The van der Waals surface area contributed by atoms with Crippen LogP contribution in [0.5, 0.6) is 0 Å². The molecule has 9 heteroatoms. The highest BCUT2D eigenvalue weighted by molar-refractivity contribution is 5.98. The molecule has 0 aliphatic rings. The van der Waals surface area contributed by atoms with Gasteiger partial charge in [0.2, 0.25) is 5.95 Å². The normalized spacial score (nSPS) is 11.6. The van der Waals surface area contributed by atoms with E-state index in [2.05, 4.69) is 30.6 Å². The van der Waals surface area contributed by atoms with E-state index in [-0.39, 0.29) is 11.6 Å². The van der Waals surface area contributed by atoms with Crippen molar-refractivity contribution < 1.29 is 4.79 Å². The van der Waals surface area contributed by atoms with Crippen LogP contribution < -0.4 is 22.1 Å². The van der Waals surface area contributed by atoms with Gasteiger partial charge in [-0.25, -0.2) is 15.0 Å². The highest BCUT2D eigenvalue weighted by atomic mass is 16.1. The first-order valence-corrected chi connectivity index (χ1v) is 8.88. The Kier molecular flexibility index (Phi) is 6.07. The highest BCUT2D eigenvalue weighted by Gasteiger charge is 2.14. The molecule has 1 amide bonds. The summed E-state index contributed by atoms with van der Waals surface area (Å²) in [6, 6.07) is 9.26. The third-order valence-corrected chi connectivity index (χ3v) is 4.11. The number of carbonyl (C=O) groups excluding carboxylic acids is 1. The largest absolute Gasteiger partial charge is 0.365 e. The van der Waals surface area contributed by atoms with Gasteiger partial charge in [-0.05, 0) is 24.6 Å². The Morgan fingerprint density at radius 2 is 1.96 bits per heavy atom. The second-order valence-electron chi connectivity index (χ2n) is 6.08. The van der Waals surface area contributed by atoms with E-state index in [9.17, 15) is 4.79 Å². The summed E-state index contributed by atoms with van der Waals surface area (Å²) in [5, 5.41) is 6.28. The van der Waals surface area contributed by atoms with E-state index >= 15 is 0 Å². The van der Waals surface area contributed by atoms with Crippen molar-refractivity contribution in [1.82, 2.24) is 19.9 Å². The molecule has 0 radical (unpaired) electrons. The predicted octanol–water partition coefficient (Wildman–Crippen LogP) is 1.93. The molecule has 0 spiro atoms. The maximum atomic E-state index is 11.8. The van der Waals surface area contributed by atoms with Crippen LogP contribution in [0, 0.1) is 0 Å². The van der Waals surface area contributed by atoms with Crippen LogP contribution in [0.2, 0.25) is 0 Å². The summed E-state index contributed by atoms with van der Waals surface area (Å²) in [7, 11) is 0. The number of anilines is 3. The maximum absolute atomic E-state index is 11.8. The van der Waals surface area contributed by atoms with Gasteiger partial charge in [-0.15, -0.1) is 0 Å². The number of amides is 1. The smallest absolute Gasteiger partial charge is 0.254 e. The van der Waals surface area contributed by atoms with E-state index in [4.69, 9.17) is 11.5 Å². The number of nitrogens with two attached hydrogens (primary N) is 2. The van der Waals surface area contributed by atoms with Crippen molar-refractivity contribution in [3.05, 3.63) is 54.5 Å². The van der Waals surface area contributed by atoms with Crippen molar-refractivity contribution in [1.29, 1.82) is 0 Å². The van der Waals surface area contributed by atoms with E-state index in [1.165, 1.54) is 6.20 Å². The maximum Gasteiger partial charge on any atom is 0.254 e. The molecular weight excluding hydrogens is 356 g/mol. The lowest BCUT2D eigenvalue weighted by molar-refractivity contribution is 0.100. The number of carbonyl (C=O) groups is 1. The van der Waals surface area contributed by atoms with Gasteiger partial charge in [0.15, 0.2) is 5.82 Å². The molecule has 144 valence electrons. The number of aromatic nitrogens is 4. The monoisotopic (exact) mass is 378 g/mol. The second-order valence-corrected chi connectivity index (χ2v) is 6.08. The van der Waals surface area contributed by atoms with Crippen molar-refractivity contribution in [2.24, 2.45) is 11.5 Å². The molecule has 0 bridgehead atoms.